The van der Waals surface area contributed by atoms with Gasteiger partial charge >= 0.3 is 11.9 Å². The highest BCUT2D eigenvalue weighted by atomic mass is 16.4. The van der Waals surface area contributed by atoms with Crippen molar-refractivity contribution in [3.05, 3.63) is 18.7 Å². The molecule has 0 radical (unpaired) electrons. The number of hydrogen-bond donors (Lipinski definition) is 2. The van der Waals surface area contributed by atoms with Crippen molar-refractivity contribution in [1.82, 2.24) is 9.55 Å². The predicted octanol–water partition coefficient (Wildman–Crippen LogP) is 3.38. The zero-order valence-corrected chi connectivity index (χ0v) is 14.2. The molecule has 130 valence electrons. The van der Waals surface area contributed by atoms with E-state index in [1.165, 1.54) is 17.1 Å². The highest BCUT2D eigenvalue weighted by molar-refractivity contribution is 5.83. The number of carboxylic acids is 2. The van der Waals surface area contributed by atoms with Gasteiger partial charge in [-0.25, -0.2) is 9.78 Å². The average molecular weight is 324 g/mol. The smallest absolute Gasteiger partial charge is 0.330 e. The summed E-state index contributed by atoms with van der Waals surface area (Å²) < 4.78 is 1.49. The van der Waals surface area contributed by atoms with Crippen molar-refractivity contribution in [2.75, 3.05) is 0 Å². The minimum absolute atomic E-state index is 0.165. The van der Waals surface area contributed by atoms with Gasteiger partial charge in [-0.15, -0.1) is 0 Å². The molecule has 6 nitrogen and oxygen atoms in total. The Morgan fingerprint density at radius 3 is 2.22 bits per heavy atom. The number of rotatable bonds is 11. The van der Waals surface area contributed by atoms with E-state index in [0.717, 1.165) is 25.7 Å². The lowest BCUT2D eigenvalue weighted by atomic mass is 9.69. The Balaban J connectivity index is 3.48. The minimum atomic E-state index is -1.49. The summed E-state index contributed by atoms with van der Waals surface area (Å²) in [5.41, 5.74) is -1.49. The van der Waals surface area contributed by atoms with Gasteiger partial charge in [-0.1, -0.05) is 46.5 Å². The molecule has 1 aromatic heterocycles. The topological polar surface area (TPSA) is 92.4 Å². The van der Waals surface area contributed by atoms with Crippen molar-refractivity contribution in [2.45, 2.75) is 64.8 Å². The van der Waals surface area contributed by atoms with Crippen LogP contribution in [0.1, 0.15) is 59.3 Å². The van der Waals surface area contributed by atoms with Gasteiger partial charge in [0.15, 0.2) is 5.54 Å². The van der Waals surface area contributed by atoms with Crippen LogP contribution in [0, 0.1) is 11.8 Å². The lowest BCUT2D eigenvalue weighted by Crippen LogP contribution is -2.52. The molecular weight excluding hydrogens is 296 g/mol. The number of nitrogens with zero attached hydrogens (tertiary/aromatic N) is 2. The van der Waals surface area contributed by atoms with Crippen molar-refractivity contribution < 1.29 is 19.8 Å². The lowest BCUT2D eigenvalue weighted by Gasteiger charge is -2.41. The maximum absolute atomic E-state index is 12.3. The molecule has 3 unspecified atom stereocenters. The van der Waals surface area contributed by atoms with Gasteiger partial charge in [0.1, 0.15) is 0 Å². The monoisotopic (exact) mass is 324 g/mol. The third kappa shape index (κ3) is 4.12. The Bertz CT molecular complexity index is 501. The maximum atomic E-state index is 12.3. The first-order valence-corrected chi connectivity index (χ1v) is 8.37. The molecule has 3 atom stereocenters. The normalized spacial score (nSPS) is 16.5. The summed E-state index contributed by atoms with van der Waals surface area (Å²) in [5.74, 6) is -2.28. The van der Waals surface area contributed by atoms with E-state index in [2.05, 4.69) is 11.9 Å². The molecule has 23 heavy (non-hydrogen) atoms. The lowest BCUT2D eigenvalue weighted by molar-refractivity contribution is -0.160. The molecule has 0 aliphatic carbocycles. The molecule has 0 saturated carbocycles. The van der Waals surface area contributed by atoms with E-state index in [1.807, 2.05) is 13.8 Å². The third-order valence-electron chi connectivity index (χ3n) is 4.72. The van der Waals surface area contributed by atoms with Crippen LogP contribution in [0.5, 0.6) is 0 Å². The zero-order chi connectivity index (χ0) is 17.5. The van der Waals surface area contributed by atoms with Crippen LogP contribution in [-0.4, -0.2) is 31.7 Å². The van der Waals surface area contributed by atoms with E-state index in [9.17, 15) is 19.8 Å². The fraction of sp³-hybridized carbons (Fsp3) is 0.706. The molecule has 1 rings (SSSR count). The summed E-state index contributed by atoms with van der Waals surface area (Å²) >= 11 is 0. The van der Waals surface area contributed by atoms with Gasteiger partial charge in [0.25, 0.3) is 0 Å². The molecule has 0 fully saturated rings. The summed E-state index contributed by atoms with van der Waals surface area (Å²) in [4.78, 5) is 27.7. The van der Waals surface area contributed by atoms with Crippen molar-refractivity contribution in [3.8, 4) is 0 Å². The Morgan fingerprint density at radius 2 is 1.83 bits per heavy atom. The first-order chi connectivity index (χ1) is 10.9. The molecule has 1 aromatic rings. The van der Waals surface area contributed by atoms with E-state index in [4.69, 9.17) is 0 Å². The van der Waals surface area contributed by atoms with Crippen molar-refractivity contribution in [1.29, 1.82) is 0 Å². The minimum Gasteiger partial charge on any atom is -0.481 e. The van der Waals surface area contributed by atoms with Crippen LogP contribution in [0.3, 0.4) is 0 Å². The van der Waals surface area contributed by atoms with E-state index in [0.29, 0.717) is 6.42 Å². The molecule has 6 heteroatoms. The first kappa shape index (κ1) is 19.2. The standard InChI is InChI=1S/C17H28N2O4/c1-4-7-13(6-3)14(8-5-2)17(16(22)23,11-15(20)21)19-10-9-18-12-19/h9-10,12-14H,4-8,11H2,1-3H3,(H,20,21)(H,22,23). The average Bonchev–Trinajstić information content (AvgIpc) is 3.02. The summed E-state index contributed by atoms with van der Waals surface area (Å²) in [6, 6.07) is 0. The van der Waals surface area contributed by atoms with Crippen LogP contribution in [0.25, 0.3) is 0 Å². The number of carbonyl (C=O) groups is 2. The Kier molecular flexibility index (Phi) is 7.26. The summed E-state index contributed by atoms with van der Waals surface area (Å²) in [5, 5.41) is 19.4. The molecular formula is C17H28N2O4. The highest BCUT2D eigenvalue weighted by Gasteiger charge is 2.51. The van der Waals surface area contributed by atoms with E-state index in [1.54, 1.807) is 6.20 Å². The third-order valence-corrected chi connectivity index (χ3v) is 4.72. The number of aromatic nitrogens is 2. The Labute approximate surface area is 137 Å². The van der Waals surface area contributed by atoms with Gasteiger partial charge in [-0.05, 0) is 18.3 Å². The van der Waals surface area contributed by atoms with Crippen molar-refractivity contribution in [2.24, 2.45) is 11.8 Å². The largest absolute Gasteiger partial charge is 0.481 e. The second-order valence-corrected chi connectivity index (χ2v) is 6.12. The number of carboxylic acid groups (broad SMARTS) is 2. The van der Waals surface area contributed by atoms with Gasteiger partial charge in [-0.2, -0.15) is 0 Å². The van der Waals surface area contributed by atoms with Crippen LogP contribution >= 0.6 is 0 Å². The van der Waals surface area contributed by atoms with Crippen LogP contribution in [0.2, 0.25) is 0 Å². The van der Waals surface area contributed by atoms with Crippen molar-refractivity contribution in [3.63, 3.8) is 0 Å². The summed E-state index contributed by atoms with van der Waals surface area (Å²) in [7, 11) is 0. The van der Waals surface area contributed by atoms with E-state index < -0.39 is 23.9 Å². The number of hydrogen-bond acceptors (Lipinski definition) is 3. The fourth-order valence-electron chi connectivity index (χ4n) is 3.72. The summed E-state index contributed by atoms with van der Waals surface area (Å²) in [6.07, 6.45) is 8.23. The number of aliphatic carboxylic acids is 2. The zero-order valence-electron chi connectivity index (χ0n) is 14.2. The predicted molar refractivity (Wildman–Crippen MR) is 87.2 cm³/mol. The quantitative estimate of drug-likeness (QED) is 0.651. The van der Waals surface area contributed by atoms with Crippen molar-refractivity contribution >= 4 is 11.9 Å². The highest BCUT2D eigenvalue weighted by Crippen LogP contribution is 2.42. The van der Waals surface area contributed by atoms with Crippen LogP contribution in [0.15, 0.2) is 18.7 Å². The second kappa shape index (κ2) is 8.70. The molecule has 0 aliphatic heterocycles. The van der Waals surface area contributed by atoms with Gasteiger partial charge in [-0.3, -0.25) is 4.79 Å². The fourth-order valence-corrected chi connectivity index (χ4v) is 3.72. The van der Waals surface area contributed by atoms with E-state index in [-0.39, 0.29) is 11.8 Å². The van der Waals surface area contributed by atoms with Crippen LogP contribution in [-0.2, 0) is 15.1 Å². The number of imidazole rings is 1. The molecule has 0 spiro atoms. The summed E-state index contributed by atoms with van der Waals surface area (Å²) in [6.45, 7) is 6.12. The SMILES string of the molecule is CCCC(CC)C(CCC)C(CC(=O)O)(C(=O)O)n1ccnc1. The Morgan fingerprint density at radius 1 is 1.17 bits per heavy atom. The molecule has 1 heterocycles. The van der Waals surface area contributed by atoms with E-state index >= 15 is 0 Å². The molecule has 2 N–H and O–H groups in total. The molecule has 0 amide bonds. The molecule has 0 aliphatic rings. The van der Waals surface area contributed by atoms with Crippen LogP contribution < -0.4 is 0 Å². The second-order valence-electron chi connectivity index (χ2n) is 6.12. The molecule has 0 saturated heterocycles. The van der Waals surface area contributed by atoms with Gasteiger partial charge in [0, 0.05) is 12.4 Å². The first-order valence-electron chi connectivity index (χ1n) is 8.37. The van der Waals surface area contributed by atoms with Gasteiger partial charge in [0.2, 0.25) is 0 Å². The van der Waals surface area contributed by atoms with Crippen LogP contribution in [0.4, 0.5) is 0 Å². The van der Waals surface area contributed by atoms with Gasteiger partial charge in [0.05, 0.1) is 12.7 Å². The molecule has 0 aromatic carbocycles. The molecule has 0 bridgehead atoms. The maximum Gasteiger partial charge on any atom is 0.330 e. The Hall–Kier alpha value is -1.85. The van der Waals surface area contributed by atoms with Gasteiger partial charge < -0.3 is 14.8 Å².